The first-order valence-electron chi connectivity index (χ1n) is 2.85. The maximum Gasteiger partial charge on any atom is 0.166 e. The third-order valence-electron chi connectivity index (χ3n) is 1.24. The summed E-state index contributed by atoms with van der Waals surface area (Å²) in [6.45, 7) is -2.12. The highest BCUT2D eigenvalue weighted by atomic mass is 16.7. The van der Waals surface area contributed by atoms with Gasteiger partial charge in [-0.1, -0.05) is 0 Å². The lowest BCUT2D eigenvalue weighted by molar-refractivity contribution is -0.562. The van der Waals surface area contributed by atoms with Crippen molar-refractivity contribution in [3.05, 3.63) is 10.1 Å². The molecule has 0 aliphatic rings. The molecule has 0 atom stereocenters. The molecule has 0 aliphatic heterocycles. The van der Waals surface area contributed by atoms with Crippen LogP contribution in [-0.4, -0.2) is 45.7 Å². The van der Waals surface area contributed by atoms with Gasteiger partial charge in [-0.25, -0.2) is 10.1 Å². The van der Waals surface area contributed by atoms with E-state index in [4.69, 9.17) is 15.3 Å². The van der Waals surface area contributed by atoms with Crippen LogP contribution in [0.5, 0.6) is 0 Å². The maximum absolute atomic E-state index is 9.85. The number of aliphatic hydroxyl groups excluding tert-OH is 3. The molecule has 4 N–H and O–H groups in total. The van der Waals surface area contributed by atoms with Crippen LogP contribution in [0.1, 0.15) is 0 Å². The van der Waals surface area contributed by atoms with Gasteiger partial charge in [0, 0.05) is 0 Å². The predicted octanol–water partition coefficient (Wildman–Crippen LogP) is -2.52. The van der Waals surface area contributed by atoms with E-state index < -0.39 is 30.4 Å². The largest absolute Gasteiger partial charge is 0.394 e. The Hall–Kier alpha value is -0.920. The monoisotopic (exact) mass is 166 g/mol. The number of hydrogen-bond donors (Lipinski definition) is 4. The SMILES string of the molecule is O=[N+]([O-])NC(CO)(CO)CO. The molecular formula is C4H10N2O5. The van der Waals surface area contributed by atoms with E-state index in [1.807, 2.05) is 0 Å². The standard InChI is InChI=1S/C4H10N2O5/c7-1-4(2-8,3-9)5-6(10)11/h5,7-9H,1-3H2. The van der Waals surface area contributed by atoms with Crippen LogP contribution in [0, 0.1) is 10.1 Å². The highest BCUT2D eigenvalue weighted by Crippen LogP contribution is 1.99. The fourth-order valence-electron chi connectivity index (χ4n) is 0.450. The van der Waals surface area contributed by atoms with Crippen LogP contribution in [0.15, 0.2) is 0 Å². The molecule has 66 valence electrons. The lowest BCUT2D eigenvalue weighted by atomic mass is 10.1. The Kier molecular flexibility index (Phi) is 3.72. The zero-order chi connectivity index (χ0) is 8.91. The number of nitro groups is 1. The van der Waals surface area contributed by atoms with Crippen LogP contribution in [-0.2, 0) is 0 Å². The van der Waals surface area contributed by atoms with Gasteiger partial charge >= 0.3 is 0 Å². The van der Waals surface area contributed by atoms with E-state index in [-0.39, 0.29) is 0 Å². The predicted molar refractivity (Wildman–Crippen MR) is 34.1 cm³/mol. The maximum atomic E-state index is 9.85. The topological polar surface area (TPSA) is 116 Å². The molecule has 7 nitrogen and oxygen atoms in total. The van der Waals surface area contributed by atoms with Gasteiger partial charge in [0.2, 0.25) is 0 Å². The van der Waals surface area contributed by atoms with Gasteiger partial charge < -0.3 is 15.3 Å². The second-order valence-corrected chi connectivity index (χ2v) is 2.12. The van der Waals surface area contributed by atoms with E-state index in [1.54, 1.807) is 5.43 Å². The zero-order valence-electron chi connectivity index (χ0n) is 5.73. The molecule has 0 unspecified atom stereocenters. The molecule has 0 heterocycles. The fraction of sp³-hybridized carbons (Fsp3) is 1.00. The van der Waals surface area contributed by atoms with Gasteiger partial charge in [0.15, 0.2) is 10.6 Å². The van der Waals surface area contributed by atoms with E-state index >= 15 is 0 Å². The van der Waals surface area contributed by atoms with Crippen molar-refractivity contribution >= 4 is 0 Å². The molecule has 0 fully saturated rings. The minimum atomic E-state index is -1.64. The molecule has 0 aromatic carbocycles. The highest BCUT2D eigenvalue weighted by Gasteiger charge is 2.32. The molecule has 0 amide bonds. The first-order valence-corrected chi connectivity index (χ1v) is 2.85. The first kappa shape index (κ1) is 10.1. The first-order chi connectivity index (χ1) is 5.10. The van der Waals surface area contributed by atoms with Crippen molar-refractivity contribution in [2.45, 2.75) is 5.54 Å². The van der Waals surface area contributed by atoms with Crippen LogP contribution in [0.3, 0.4) is 0 Å². The van der Waals surface area contributed by atoms with Crippen molar-refractivity contribution in [1.29, 1.82) is 0 Å². The Labute approximate surface area is 62.4 Å². The zero-order valence-corrected chi connectivity index (χ0v) is 5.73. The lowest BCUT2D eigenvalue weighted by Gasteiger charge is -2.22. The molecule has 0 aliphatic carbocycles. The molecule has 0 rings (SSSR count). The van der Waals surface area contributed by atoms with E-state index in [0.717, 1.165) is 0 Å². The summed E-state index contributed by atoms with van der Waals surface area (Å²) in [7, 11) is 0. The van der Waals surface area contributed by atoms with Crippen molar-refractivity contribution < 1.29 is 20.4 Å². The average Bonchev–Trinajstić information content (AvgIpc) is 2.00. The minimum Gasteiger partial charge on any atom is -0.394 e. The third-order valence-corrected chi connectivity index (χ3v) is 1.24. The fourth-order valence-corrected chi connectivity index (χ4v) is 0.450. The number of rotatable bonds is 5. The molecule has 0 saturated carbocycles. The summed E-state index contributed by atoms with van der Waals surface area (Å²) in [5.74, 6) is 0. The number of nitrogens with one attached hydrogen (secondary N) is 1. The quantitative estimate of drug-likeness (QED) is 0.264. The highest BCUT2D eigenvalue weighted by molar-refractivity contribution is 4.82. The normalized spacial score (nSPS) is 11.2. The molecule has 7 heteroatoms. The van der Waals surface area contributed by atoms with Gasteiger partial charge in [-0.05, 0) is 0 Å². The molecule has 0 aromatic heterocycles. The Morgan fingerprint density at radius 3 is 1.73 bits per heavy atom. The van der Waals surface area contributed by atoms with Crippen LogP contribution < -0.4 is 5.43 Å². The van der Waals surface area contributed by atoms with Gasteiger partial charge in [0.25, 0.3) is 0 Å². The Morgan fingerprint density at radius 2 is 1.64 bits per heavy atom. The van der Waals surface area contributed by atoms with Crippen molar-refractivity contribution in [3.63, 3.8) is 0 Å². The van der Waals surface area contributed by atoms with E-state index in [2.05, 4.69) is 0 Å². The molecule has 0 radical (unpaired) electrons. The van der Waals surface area contributed by atoms with Crippen LogP contribution in [0.4, 0.5) is 0 Å². The summed E-state index contributed by atoms with van der Waals surface area (Å²) < 4.78 is 0. The minimum absolute atomic E-state index is 0.707. The van der Waals surface area contributed by atoms with Gasteiger partial charge in [-0.15, -0.1) is 5.43 Å². The van der Waals surface area contributed by atoms with Crippen LogP contribution >= 0.6 is 0 Å². The lowest BCUT2D eigenvalue weighted by Crippen LogP contribution is -2.56. The van der Waals surface area contributed by atoms with Gasteiger partial charge in [-0.3, -0.25) is 0 Å². The molecular weight excluding hydrogens is 156 g/mol. The smallest absolute Gasteiger partial charge is 0.166 e. The Morgan fingerprint density at radius 1 is 1.27 bits per heavy atom. The second kappa shape index (κ2) is 4.06. The number of nitrogens with zero attached hydrogens (tertiary/aromatic N) is 1. The Bertz CT molecular complexity index is 126. The summed E-state index contributed by atoms with van der Waals surface area (Å²) in [6.07, 6.45) is 0. The van der Waals surface area contributed by atoms with Crippen molar-refractivity contribution in [1.82, 2.24) is 5.43 Å². The number of aliphatic hydroxyl groups is 3. The van der Waals surface area contributed by atoms with Crippen molar-refractivity contribution in [2.75, 3.05) is 19.8 Å². The molecule has 0 aromatic rings. The van der Waals surface area contributed by atoms with Crippen molar-refractivity contribution in [3.8, 4) is 0 Å². The summed E-state index contributed by atoms with van der Waals surface area (Å²) in [4.78, 5) is 9.85. The molecule has 0 saturated heterocycles. The second-order valence-electron chi connectivity index (χ2n) is 2.12. The third kappa shape index (κ3) is 2.66. The number of hydrogen-bond acceptors (Lipinski definition) is 5. The van der Waals surface area contributed by atoms with Gasteiger partial charge in [0.1, 0.15) is 0 Å². The van der Waals surface area contributed by atoms with E-state index in [1.165, 1.54) is 0 Å². The molecule has 0 bridgehead atoms. The van der Waals surface area contributed by atoms with Gasteiger partial charge in [0.05, 0.1) is 19.8 Å². The summed E-state index contributed by atoms with van der Waals surface area (Å²) in [6, 6.07) is 0. The number of hydrazine groups is 1. The molecule has 0 spiro atoms. The Balaban J connectivity index is 4.16. The van der Waals surface area contributed by atoms with Crippen LogP contribution in [0.2, 0.25) is 0 Å². The summed E-state index contributed by atoms with van der Waals surface area (Å²) in [5, 5.41) is 34.5. The van der Waals surface area contributed by atoms with E-state index in [0.29, 0.717) is 0 Å². The van der Waals surface area contributed by atoms with Crippen LogP contribution in [0.25, 0.3) is 0 Å². The average molecular weight is 166 g/mol. The summed E-state index contributed by atoms with van der Waals surface area (Å²) in [5.41, 5.74) is -0.0208. The van der Waals surface area contributed by atoms with Gasteiger partial charge in [-0.2, -0.15) is 0 Å². The molecule has 11 heavy (non-hydrogen) atoms. The van der Waals surface area contributed by atoms with Crippen molar-refractivity contribution in [2.24, 2.45) is 0 Å². The van der Waals surface area contributed by atoms with E-state index in [9.17, 15) is 10.1 Å². The summed E-state index contributed by atoms with van der Waals surface area (Å²) >= 11 is 0.